The minimum atomic E-state index is -0.110. The van der Waals surface area contributed by atoms with Gasteiger partial charge in [-0.15, -0.1) is 0 Å². The number of nitrogens with zero attached hydrogens (tertiary/aromatic N) is 2. The maximum Gasteiger partial charge on any atom is 0.305 e. The summed E-state index contributed by atoms with van der Waals surface area (Å²) in [4.78, 5) is 18.3. The third kappa shape index (κ3) is 5.70. The molecule has 1 heterocycles. The zero-order valence-electron chi connectivity index (χ0n) is 14.9. The van der Waals surface area contributed by atoms with Gasteiger partial charge in [0.2, 0.25) is 0 Å². The molecule has 0 amide bonds. The van der Waals surface area contributed by atoms with Gasteiger partial charge < -0.3 is 15.0 Å². The van der Waals surface area contributed by atoms with E-state index in [1.165, 1.54) is 45.9 Å². The summed E-state index contributed by atoms with van der Waals surface area (Å²) in [5.41, 5.74) is 0. The molecule has 0 aromatic carbocycles. The van der Waals surface area contributed by atoms with Crippen LogP contribution in [0.5, 0.6) is 0 Å². The normalized spacial score (nSPS) is 24.4. The van der Waals surface area contributed by atoms with Gasteiger partial charge in [0.1, 0.15) is 0 Å². The first-order chi connectivity index (χ1) is 11.2. The van der Waals surface area contributed by atoms with Gasteiger partial charge in [-0.2, -0.15) is 0 Å². The molecule has 2 fully saturated rings. The molecule has 23 heavy (non-hydrogen) atoms. The van der Waals surface area contributed by atoms with E-state index in [1.807, 2.05) is 0 Å². The van der Waals surface area contributed by atoms with Crippen LogP contribution in [0.1, 0.15) is 58.3 Å². The molecule has 2 atom stereocenters. The van der Waals surface area contributed by atoms with Crippen molar-refractivity contribution >= 4 is 11.9 Å². The van der Waals surface area contributed by atoms with E-state index in [1.54, 1.807) is 0 Å². The SMILES string of the molecule is CCNC(=NCCCCCC(=O)OC)N1CC2CCCCC2C1. The Morgan fingerprint density at radius 2 is 1.87 bits per heavy atom. The molecule has 0 spiro atoms. The Hall–Kier alpha value is -1.26. The quantitative estimate of drug-likeness (QED) is 0.339. The molecule has 1 aliphatic heterocycles. The van der Waals surface area contributed by atoms with Crippen molar-refractivity contribution in [2.45, 2.75) is 58.3 Å². The number of hydrogen-bond donors (Lipinski definition) is 1. The molecule has 0 aromatic rings. The van der Waals surface area contributed by atoms with Crippen LogP contribution < -0.4 is 5.32 Å². The van der Waals surface area contributed by atoms with Gasteiger partial charge in [-0.3, -0.25) is 9.79 Å². The van der Waals surface area contributed by atoms with Gasteiger partial charge in [0, 0.05) is 32.6 Å². The van der Waals surface area contributed by atoms with Crippen molar-refractivity contribution in [1.82, 2.24) is 10.2 Å². The average molecular weight is 323 g/mol. The minimum absolute atomic E-state index is 0.110. The number of aliphatic imine (C=N–C) groups is 1. The number of nitrogens with one attached hydrogen (secondary N) is 1. The van der Waals surface area contributed by atoms with Crippen molar-refractivity contribution in [3.05, 3.63) is 0 Å². The number of carbonyl (C=O) groups excluding carboxylic acids is 1. The lowest BCUT2D eigenvalue weighted by Gasteiger charge is -2.22. The monoisotopic (exact) mass is 323 g/mol. The van der Waals surface area contributed by atoms with E-state index in [-0.39, 0.29) is 5.97 Å². The molecule has 0 aromatic heterocycles. The van der Waals surface area contributed by atoms with Gasteiger partial charge in [-0.1, -0.05) is 19.3 Å². The largest absolute Gasteiger partial charge is 0.469 e. The molecular formula is C18H33N3O2. The molecule has 1 aliphatic carbocycles. The van der Waals surface area contributed by atoms with Crippen LogP contribution in [0.3, 0.4) is 0 Å². The van der Waals surface area contributed by atoms with Crippen LogP contribution in [0.2, 0.25) is 0 Å². The lowest BCUT2D eigenvalue weighted by molar-refractivity contribution is -0.140. The Kier molecular flexibility index (Phi) is 7.69. The first-order valence-electron chi connectivity index (χ1n) is 9.34. The van der Waals surface area contributed by atoms with Crippen molar-refractivity contribution in [3.63, 3.8) is 0 Å². The first-order valence-corrected chi connectivity index (χ1v) is 9.34. The van der Waals surface area contributed by atoms with E-state index in [0.29, 0.717) is 6.42 Å². The van der Waals surface area contributed by atoms with Gasteiger partial charge in [-0.05, 0) is 44.4 Å². The van der Waals surface area contributed by atoms with Crippen molar-refractivity contribution in [2.75, 3.05) is 33.3 Å². The van der Waals surface area contributed by atoms with Crippen LogP contribution in [0.15, 0.2) is 4.99 Å². The highest BCUT2D eigenvalue weighted by Crippen LogP contribution is 2.35. The summed E-state index contributed by atoms with van der Waals surface area (Å²) in [6.45, 7) is 6.26. The number of carbonyl (C=O) groups is 1. The molecular weight excluding hydrogens is 290 g/mol. The van der Waals surface area contributed by atoms with Crippen molar-refractivity contribution < 1.29 is 9.53 Å². The zero-order valence-corrected chi connectivity index (χ0v) is 14.9. The number of ether oxygens (including phenoxy) is 1. The third-order valence-electron chi connectivity index (χ3n) is 5.14. The molecule has 2 aliphatic rings. The Morgan fingerprint density at radius 1 is 1.17 bits per heavy atom. The maximum absolute atomic E-state index is 11.1. The highest BCUT2D eigenvalue weighted by molar-refractivity contribution is 5.80. The Labute approximate surface area is 140 Å². The summed E-state index contributed by atoms with van der Waals surface area (Å²) in [6.07, 6.45) is 9.09. The lowest BCUT2D eigenvalue weighted by atomic mass is 9.82. The molecule has 2 unspecified atom stereocenters. The van der Waals surface area contributed by atoms with E-state index in [0.717, 1.165) is 50.1 Å². The highest BCUT2D eigenvalue weighted by Gasteiger charge is 2.35. The van der Waals surface area contributed by atoms with Crippen molar-refractivity contribution in [1.29, 1.82) is 0 Å². The van der Waals surface area contributed by atoms with E-state index in [4.69, 9.17) is 4.99 Å². The van der Waals surface area contributed by atoms with E-state index >= 15 is 0 Å². The Bertz CT molecular complexity index is 384. The van der Waals surface area contributed by atoms with Crippen LogP contribution in [-0.4, -0.2) is 50.1 Å². The molecule has 1 saturated carbocycles. The van der Waals surface area contributed by atoms with Gasteiger partial charge >= 0.3 is 5.97 Å². The lowest BCUT2D eigenvalue weighted by Crippen LogP contribution is -2.40. The highest BCUT2D eigenvalue weighted by atomic mass is 16.5. The standard InChI is InChI=1S/C18H33N3O2/c1-3-19-18(20-12-8-4-5-11-17(22)23-2)21-13-15-9-6-7-10-16(15)14-21/h15-16H,3-14H2,1-2H3,(H,19,20). The summed E-state index contributed by atoms with van der Waals surface area (Å²) >= 11 is 0. The number of likely N-dealkylation sites (tertiary alicyclic amines) is 1. The molecule has 1 N–H and O–H groups in total. The Balaban J connectivity index is 1.73. The predicted octanol–water partition coefficient (Wildman–Crippen LogP) is 2.81. The van der Waals surface area contributed by atoms with Gasteiger partial charge in [0.15, 0.2) is 5.96 Å². The smallest absolute Gasteiger partial charge is 0.305 e. The van der Waals surface area contributed by atoms with Gasteiger partial charge in [0.05, 0.1) is 7.11 Å². The topological polar surface area (TPSA) is 53.9 Å². The summed E-state index contributed by atoms with van der Waals surface area (Å²) < 4.78 is 4.66. The van der Waals surface area contributed by atoms with Crippen LogP contribution in [-0.2, 0) is 9.53 Å². The fraction of sp³-hybridized carbons (Fsp3) is 0.889. The molecule has 132 valence electrons. The third-order valence-corrected chi connectivity index (χ3v) is 5.14. The zero-order chi connectivity index (χ0) is 16.5. The molecule has 5 nitrogen and oxygen atoms in total. The molecule has 0 radical (unpaired) electrons. The minimum Gasteiger partial charge on any atom is -0.469 e. The average Bonchev–Trinajstić information content (AvgIpc) is 3.00. The number of fused-ring (bicyclic) bond motifs is 1. The number of hydrogen-bond acceptors (Lipinski definition) is 3. The molecule has 2 rings (SSSR count). The fourth-order valence-electron chi connectivity index (χ4n) is 3.85. The summed E-state index contributed by atoms with van der Waals surface area (Å²) in [5, 5.41) is 3.45. The van der Waals surface area contributed by atoms with Gasteiger partial charge in [-0.25, -0.2) is 0 Å². The summed E-state index contributed by atoms with van der Waals surface area (Å²) in [6, 6.07) is 0. The summed E-state index contributed by atoms with van der Waals surface area (Å²) in [5.74, 6) is 2.75. The number of esters is 1. The number of unbranched alkanes of at least 4 members (excludes halogenated alkanes) is 2. The van der Waals surface area contributed by atoms with Crippen LogP contribution in [0.25, 0.3) is 0 Å². The molecule has 1 saturated heterocycles. The first kappa shape index (κ1) is 18.1. The second kappa shape index (κ2) is 9.78. The van der Waals surface area contributed by atoms with E-state index in [2.05, 4.69) is 21.9 Å². The van der Waals surface area contributed by atoms with Crippen molar-refractivity contribution in [3.8, 4) is 0 Å². The van der Waals surface area contributed by atoms with Crippen LogP contribution in [0.4, 0.5) is 0 Å². The molecule has 0 bridgehead atoms. The number of rotatable bonds is 7. The van der Waals surface area contributed by atoms with Crippen LogP contribution >= 0.6 is 0 Å². The fourth-order valence-corrected chi connectivity index (χ4v) is 3.85. The molecule has 5 heteroatoms. The number of methoxy groups -OCH3 is 1. The van der Waals surface area contributed by atoms with Crippen molar-refractivity contribution in [2.24, 2.45) is 16.8 Å². The Morgan fingerprint density at radius 3 is 2.48 bits per heavy atom. The van der Waals surface area contributed by atoms with Crippen LogP contribution in [0, 0.1) is 11.8 Å². The number of guanidine groups is 1. The summed E-state index contributed by atoms with van der Waals surface area (Å²) in [7, 11) is 1.45. The second-order valence-corrected chi connectivity index (χ2v) is 6.83. The van der Waals surface area contributed by atoms with E-state index < -0.39 is 0 Å². The maximum atomic E-state index is 11.1. The van der Waals surface area contributed by atoms with E-state index in [9.17, 15) is 4.79 Å². The van der Waals surface area contributed by atoms with Gasteiger partial charge in [0.25, 0.3) is 0 Å². The second-order valence-electron chi connectivity index (χ2n) is 6.83. The predicted molar refractivity (Wildman–Crippen MR) is 93.5 cm³/mol.